The summed E-state index contributed by atoms with van der Waals surface area (Å²) in [5, 5.41) is 12.3. The van der Waals surface area contributed by atoms with Gasteiger partial charge in [-0.3, -0.25) is 5.32 Å². The fourth-order valence-corrected chi connectivity index (χ4v) is 1.66. The van der Waals surface area contributed by atoms with Gasteiger partial charge in [0.15, 0.2) is 0 Å². The van der Waals surface area contributed by atoms with E-state index in [-0.39, 0.29) is 17.9 Å². The second kappa shape index (κ2) is 5.26. The summed E-state index contributed by atoms with van der Waals surface area (Å²) in [5.74, 6) is -1.13. The fourth-order valence-electron chi connectivity index (χ4n) is 1.66. The van der Waals surface area contributed by atoms with Crippen molar-refractivity contribution < 1.29 is 19.4 Å². The number of hydrogen-bond acceptors (Lipinski definition) is 3. The maximum absolute atomic E-state index is 11.4. The Labute approximate surface area is 108 Å². The van der Waals surface area contributed by atoms with Crippen LogP contribution >= 0.6 is 0 Å². The molecular weight excluding hydrogens is 248 g/mol. The number of carbonyl (C=O) groups excluding carboxylic acids is 1. The number of aromatic nitrogens is 1. The van der Waals surface area contributed by atoms with Crippen molar-refractivity contribution in [2.75, 3.05) is 11.9 Å². The number of H-pyrrole nitrogens is 1. The molecule has 1 amide bonds. The number of carbonyl (C=O) groups is 2. The molecule has 1 aromatic heterocycles. The molecule has 0 aliphatic heterocycles. The van der Waals surface area contributed by atoms with E-state index in [0.717, 1.165) is 5.39 Å². The Balaban J connectivity index is 2.33. The fraction of sp³-hybridized carbons (Fsp3) is 0.0769. The van der Waals surface area contributed by atoms with Crippen LogP contribution in [0.4, 0.5) is 10.5 Å². The molecule has 0 aliphatic rings. The predicted octanol–water partition coefficient (Wildman–Crippen LogP) is 2.60. The molecule has 0 fully saturated rings. The minimum atomic E-state index is -1.13. The van der Waals surface area contributed by atoms with Crippen molar-refractivity contribution in [3.8, 4) is 0 Å². The van der Waals surface area contributed by atoms with Crippen LogP contribution in [0.3, 0.4) is 0 Å². The van der Waals surface area contributed by atoms with E-state index >= 15 is 0 Å². The number of amides is 1. The van der Waals surface area contributed by atoms with Gasteiger partial charge in [-0.2, -0.15) is 0 Å². The minimum Gasteiger partial charge on any atom is -0.478 e. The van der Waals surface area contributed by atoms with Gasteiger partial charge in [0.25, 0.3) is 0 Å². The van der Waals surface area contributed by atoms with Gasteiger partial charge in [0.2, 0.25) is 0 Å². The number of ether oxygens (including phenoxy) is 1. The van der Waals surface area contributed by atoms with Gasteiger partial charge in [-0.25, -0.2) is 9.59 Å². The highest BCUT2D eigenvalue weighted by molar-refractivity contribution is 6.03. The maximum Gasteiger partial charge on any atom is 0.411 e. The summed E-state index contributed by atoms with van der Waals surface area (Å²) in [4.78, 5) is 25.5. The van der Waals surface area contributed by atoms with E-state index in [9.17, 15) is 9.59 Å². The summed E-state index contributed by atoms with van der Waals surface area (Å²) >= 11 is 0. The Morgan fingerprint density at radius 1 is 1.47 bits per heavy atom. The standard InChI is InChI=1S/C13H12N2O4/c1-2-5-19-13(18)15-11-6-8-3-4-14-10(8)7-9(11)12(16)17/h2-4,6-7,14H,1,5H2,(H,15,18)(H,16,17). The van der Waals surface area contributed by atoms with E-state index in [4.69, 9.17) is 9.84 Å². The van der Waals surface area contributed by atoms with Crippen molar-refractivity contribution in [3.63, 3.8) is 0 Å². The van der Waals surface area contributed by atoms with Crippen molar-refractivity contribution in [1.29, 1.82) is 0 Å². The van der Waals surface area contributed by atoms with Crippen LogP contribution in [0.15, 0.2) is 37.1 Å². The number of carboxylic acids is 1. The molecule has 19 heavy (non-hydrogen) atoms. The molecule has 0 atom stereocenters. The lowest BCUT2D eigenvalue weighted by molar-refractivity contribution is 0.0698. The second-order valence-corrected chi connectivity index (χ2v) is 3.78. The lowest BCUT2D eigenvalue weighted by atomic mass is 10.1. The first kappa shape index (κ1) is 12.7. The zero-order valence-electron chi connectivity index (χ0n) is 9.97. The third kappa shape index (κ3) is 2.74. The van der Waals surface area contributed by atoms with Crippen LogP contribution in [0.2, 0.25) is 0 Å². The number of aromatic amines is 1. The molecule has 98 valence electrons. The molecule has 6 heteroatoms. The number of rotatable bonds is 4. The SMILES string of the molecule is C=CCOC(=O)Nc1cc2cc[nH]c2cc1C(=O)O. The summed E-state index contributed by atoms with van der Waals surface area (Å²) < 4.78 is 4.75. The van der Waals surface area contributed by atoms with Crippen LogP contribution in [-0.4, -0.2) is 28.8 Å². The van der Waals surface area contributed by atoms with Crippen LogP contribution in [0, 0.1) is 0 Å². The summed E-state index contributed by atoms with van der Waals surface area (Å²) in [6.45, 7) is 3.47. The maximum atomic E-state index is 11.4. The monoisotopic (exact) mass is 260 g/mol. The smallest absolute Gasteiger partial charge is 0.411 e. The predicted molar refractivity (Wildman–Crippen MR) is 70.4 cm³/mol. The van der Waals surface area contributed by atoms with Gasteiger partial charge >= 0.3 is 12.1 Å². The lowest BCUT2D eigenvalue weighted by Gasteiger charge is -2.08. The number of fused-ring (bicyclic) bond motifs is 1. The molecule has 0 aliphatic carbocycles. The molecule has 1 heterocycles. The quantitative estimate of drug-likeness (QED) is 0.737. The molecule has 2 aromatic rings. The second-order valence-electron chi connectivity index (χ2n) is 3.78. The van der Waals surface area contributed by atoms with Gasteiger partial charge in [-0.05, 0) is 18.2 Å². The molecule has 0 saturated carbocycles. The normalized spacial score (nSPS) is 10.1. The Morgan fingerprint density at radius 3 is 2.95 bits per heavy atom. The summed E-state index contributed by atoms with van der Waals surface area (Å²) in [5.41, 5.74) is 0.863. The van der Waals surface area contributed by atoms with E-state index in [2.05, 4.69) is 16.9 Å². The minimum absolute atomic E-state index is 0.00879. The van der Waals surface area contributed by atoms with E-state index in [1.165, 1.54) is 12.1 Å². The summed E-state index contributed by atoms with van der Waals surface area (Å²) in [6, 6.07) is 4.81. The first-order valence-electron chi connectivity index (χ1n) is 5.51. The highest BCUT2D eigenvalue weighted by Gasteiger charge is 2.14. The summed E-state index contributed by atoms with van der Waals surface area (Å²) in [6.07, 6.45) is 2.39. The zero-order valence-corrected chi connectivity index (χ0v) is 9.97. The molecule has 0 bridgehead atoms. The molecule has 0 unspecified atom stereocenters. The number of hydrogen-bond donors (Lipinski definition) is 3. The molecule has 6 nitrogen and oxygen atoms in total. The number of anilines is 1. The summed E-state index contributed by atoms with van der Waals surface area (Å²) in [7, 11) is 0. The molecule has 1 aromatic carbocycles. The van der Waals surface area contributed by atoms with Crippen molar-refractivity contribution in [2.24, 2.45) is 0 Å². The number of nitrogens with one attached hydrogen (secondary N) is 2. The van der Waals surface area contributed by atoms with Crippen molar-refractivity contribution in [1.82, 2.24) is 4.98 Å². The molecule has 0 radical (unpaired) electrons. The Morgan fingerprint density at radius 2 is 2.26 bits per heavy atom. The van der Waals surface area contributed by atoms with E-state index in [0.29, 0.717) is 5.52 Å². The average Bonchev–Trinajstić information content (AvgIpc) is 2.82. The third-order valence-electron chi connectivity index (χ3n) is 2.49. The van der Waals surface area contributed by atoms with E-state index in [1.54, 1.807) is 18.3 Å². The first-order valence-corrected chi connectivity index (χ1v) is 5.51. The van der Waals surface area contributed by atoms with Gasteiger partial charge in [-0.1, -0.05) is 12.7 Å². The van der Waals surface area contributed by atoms with Gasteiger partial charge in [0.05, 0.1) is 11.3 Å². The highest BCUT2D eigenvalue weighted by Crippen LogP contribution is 2.23. The Kier molecular flexibility index (Phi) is 3.51. The van der Waals surface area contributed by atoms with Crippen molar-refractivity contribution in [3.05, 3.63) is 42.6 Å². The number of benzene rings is 1. The molecule has 3 N–H and O–H groups in total. The number of aromatic carboxylic acids is 1. The Hall–Kier alpha value is -2.76. The molecule has 0 spiro atoms. The van der Waals surface area contributed by atoms with Gasteiger partial charge in [0.1, 0.15) is 6.61 Å². The number of carboxylic acid groups (broad SMARTS) is 1. The van der Waals surface area contributed by atoms with Gasteiger partial charge in [-0.15, -0.1) is 0 Å². The van der Waals surface area contributed by atoms with E-state index < -0.39 is 12.1 Å². The average molecular weight is 260 g/mol. The van der Waals surface area contributed by atoms with Gasteiger partial charge in [0, 0.05) is 17.1 Å². The molecular formula is C13H12N2O4. The van der Waals surface area contributed by atoms with Crippen molar-refractivity contribution in [2.45, 2.75) is 0 Å². The van der Waals surface area contributed by atoms with Crippen LogP contribution in [0.5, 0.6) is 0 Å². The van der Waals surface area contributed by atoms with Crippen LogP contribution in [0.1, 0.15) is 10.4 Å². The molecule has 0 saturated heterocycles. The van der Waals surface area contributed by atoms with Crippen LogP contribution in [0.25, 0.3) is 10.9 Å². The van der Waals surface area contributed by atoms with Crippen LogP contribution < -0.4 is 5.32 Å². The van der Waals surface area contributed by atoms with Crippen molar-refractivity contribution >= 4 is 28.7 Å². The topological polar surface area (TPSA) is 91.4 Å². The zero-order chi connectivity index (χ0) is 13.8. The van der Waals surface area contributed by atoms with E-state index in [1.807, 2.05) is 0 Å². The third-order valence-corrected chi connectivity index (χ3v) is 2.49. The highest BCUT2D eigenvalue weighted by atomic mass is 16.5. The molecule has 2 rings (SSSR count). The largest absolute Gasteiger partial charge is 0.478 e. The van der Waals surface area contributed by atoms with Gasteiger partial charge < -0.3 is 14.8 Å². The Bertz CT molecular complexity index is 645. The lowest BCUT2D eigenvalue weighted by Crippen LogP contribution is -2.16. The van der Waals surface area contributed by atoms with Crippen LogP contribution in [-0.2, 0) is 4.74 Å². The first-order chi connectivity index (χ1) is 9.11.